The summed E-state index contributed by atoms with van der Waals surface area (Å²) in [7, 11) is 1.63. The summed E-state index contributed by atoms with van der Waals surface area (Å²) in [6.07, 6.45) is 2.00. The van der Waals surface area contributed by atoms with E-state index >= 15 is 0 Å². The highest BCUT2D eigenvalue weighted by Gasteiger charge is 2.05. The Bertz CT molecular complexity index is 1010. The van der Waals surface area contributed by atoms with Crippen LogP contribution in [0, 0.1) is 6.92 Å². The summed E-state index contributed by atoms with van der Waals surface area (Å²) in [6, 6.07) is 16.9. The van der Waals surface area contributed by atoms with Gasteiger partial charge in [0.2, 0.25) is 5.95 Å². The number of aromatic nitrogens is 2. The van der Waals surface area contributed by atoms with Gasteiger partial charge in [-0.1, -0.05) is 6.07 Å². The smallest absolute Gasteiger partial charge is 0.319 e. The zero-order valence-electron chi connectivity index (χ0n) is 17.7. The number of urea groups is 1. The van der Waals surface area contributed by atoms with E-state index in [-0.39, 0.29) is 6.03 Å². The lowest BCUT2D eigenvalue weighted by molar-refractivity contribution is 0.252. The van der Waals surface area contributed by atoms with E-state index in [0.29, 0.717) is 24.9 Å². The van der Waals surface area contributed by atoms with Crippen molar-refractivity contribution in [2.45, 2.75) is 11.8 Å². The molecule has 0 unspecified atom stereocenters. The van der Waals surface area contributed by atoms with E-state index < -0.39 is 0 Å². The van der Waals surface area contributed by atoms with Gasteiger partial charge >= 0.3 is 6.03 Å². The summed E-state index contributed by atoms with van der Waals surface area (Å²) in [5.74, 6) is 1.96. The molecule has 0 aliphatic rings. The average molecular weight is 439 g/mol. The Morgan fingerprint density at radius 1 is 1.03 bits per heavy atom. The number of nitrogens with zero attached hydrogens (tertiary/aromatic N) is 2. The first-order chi connectivity index (χ1) is 15.1. The van der Waals surface area contributed by atoms with Crippen LogP contribution in [0.1, 0.15) is 5.69 Å². The van der Waals surface area contributed by atoms with Gasteiger partial charge in [0.1, 0.15) is 11.6 Å². The molecule has 0 saturated carbocycles. The van der Waals surface area contributed by atoms with Gasteiger partial charge < -0.3 is 26.0 Å². The molecule has 0 radical (unpaired) electrons. The second kappa shape index (κ2) is 11.1. The standard InChI is InChI=1S/C22H26N6O2S/c1-15-13-20(26-16-7-9-18(30-2)10-8-16)28-21(25-15)23-11-12-24-22(29)27-17-5-4-6-19(14-17)31-3/h4-10,13-14H,11-12H2,1-3H3,(H2,24,27,29)(H2,23,25,26,28). The molecule has 0 fully saturated rings. The lowest BCUT2D eigenvalue weighted by atomic mass is 10.3. The first-order valence-corrected chi connectivity index (χ1v) is 11.0. The van der Waals surface area contributed by atoms with Crippen molar-refractivity contribution < 1.29 is 9.53 Å². The van der Waals surface area contributed by atoms with Crippen LogP contribution in [-0.4, -0.2) is 42.5 Å². The zero-order chi connectivity index (χ0) is 22.1. The van der Waals surface area contributed by atoms with Crippen LogP contribution in [0.15, 0.2) is 59.5 Å². The number of hydrogen-bond donors (Lipinski definition) is 4. The summed E-state index contributed by atoms with van der Waals surface area (Å²) in [5, 5.41) is 12.0. The van der Waals surface area contributed by atoms with Crippen molar-refractivity contribution in [3.63, 3.8) is 0 Å². The van der Waals surface area contributed by atoms with Crippen LogP contribution in [-0.2, 0) is 0 Å². The number of hydrogen-bond acceptors (Lipinski definition) is 7. The molecule has 0 saturated heterocycles. The number of ether oxygens (including phenoxy) is 1. The van der Waals surface area contributed by atoms with E-state index in [2.05, 4.69) is 31.2 Å². The van der Waals surface area contributed by atoms with Gasteiger partial charge in [0.05, 0.1) is 7.11 Å². The minimum atomic E-state index is -0.257. The third-order valence-corrected chi connectivity index (χ3v) is 4.96. The first-order valence-electron chi connectivity index (χ1n) is 9.75. The molecule has 1 aromatic heterocycles. The highest BCUT2D eigenvalue weighted by atomic mass is 32.2. The molecule has 8 nitrogen and oxygen atoms in total. The Labute approximate surface area is 186 Å². The summed E-state index contributed by atoms with van der Waals surface area (Å²) in [6.45, 7) is 2.82. The molecule has 3 rings (SSSR count). The number of amides is 2. The number of carbonyl (C=O) groups excluding carboxylic acids is 1. The van der Waals surface area contributed by atoms with Gasteiger partial charge in [-0.15, -0.1) is 11.8 Å². The first kappa shape index (κ1) is 22.2. The molecule has 31 heavy (non-hydrogen) atoms. The van der Waals surface area contributed by atoms with Gasteiger partial charge in [0.15, 0.2) is 0 Å². The van der Waals surface area contributed by atoms with Crippen LogP contribution in [0.25, 0.3) is 0 Å². The molecule has 4 N–H and O–H groups in total. The Hall–Kier alpha value is -3.46. The van der Waals surface area contributed by atoms with Gasteiger partial charge in [0, 0.05) is 41.1 Å². The van der Waals surface area contributed by atoms with E-state index in [9.17, 15) is 4.79 Å². The minimum absolute atomic E-state index is 0.257. The molecule has 3 aromatic rings. The van der Waals surface area contributed by atoms with Crippen molar-refractivity contribution in [2.75, 3.05) is 42.4 Å². The zero-order valence-corrected chi connectivity index (χ0v) is 18.5. The number of methoxy groups -OCH3 is 1. The van der Waals surface area contributed by atoms with E-state index in [1.165, 1.54) is 0 Å². The largest absolute Gasteiger partial charge is 0.497 e. The summed E-state index contributed by atoms with van der Waals surface area (Å²) >= 11 is 1.63. The fraction of sp³-hybridized carbons (Fsp3) is 0.227. The van der Waals surface area contributed by atoms with Crippen molar-refractivity contribution in [3.8, 4) is 5.75 Å². The second-order valence-electron chi connectivity index (χ2n) is 6.61. The monoisotopic (exact) mass is 438 g/mol. The van der Waals surface area contributed by atoms with Crippen LogP contribution in [0.4, 0.5) is 27.9 Å². The molecule has 0 atom stereocenters. The number of anilines is 4. The quantitative estimate of drug-likeness (QED) is 0.288. The lowest BCUT2D eigenvalue weighted by Crippen LogP contribution is -2.32. The molecular weight excluding hydrogens is 412 g/mol. The molecule has 162 valence electrons. The van der Waals surface area contributed by atoms with E-state index in [1.54, 1.807) is 18.9 Å². The number of aryl methyl sites for hydroxylation is 1. The molecule has 0 spiro atoms. The van der Waals surface area contributed by atoms with Crippen molar-refractivity contribution in [1.82, 2.24) is 15.3 Å². The van der Waals surface area contributed by atoms with E-state index in [4.69, 9.17) is 4.74 Å². The van der Waals surface area contributed by atoms with Crippen molar-refractivity contribution in [1.29, 1.82) is 0 Å². The highest BCUT2D eigenvalue weighted by Crippen LogP contribution is 2.20. The van der Waals surface area contributed by atoms with Crippen molar-refractivity contribution in [3.05, 3.63) is 60.3 Å². The maximum absolute atomic E-state index is 12.1. The number of nitrogens with one attached hydrogen (secondary N) is 4. The minimum Gasteiger partial charge on any atom is -0.497 e. The fourth-order valence-electron chi connectivity index (χ4n) is 2.76. The Morgan fingerprint density at radius 3 is 2.58 bits per heavy atom. The Morgan fingerprint density at radius 2 is 1.84 bits per heavy atom. The SMILES string of the molecule is COc1ccc(Nc2cc(C)nc(NCCNC(=O)Nc3cccc(SC)c3)n2)cc1. The number of thioether (sulfide) groups is 1. The molecular formula is C22H26N6O2S. The summed E-state index contributed by atoms with van der Waals surface area (Å²) < 4.78 is 5.17. The third kappa shape index (κ3) is 7.07. The van der Waals surface area contributed by atoms with Gasteiger partial charge in [-0.3, -0.25) is 0 Å². The Kier molecular flexibility index (Phi) is 7.94. The van der Waals surface area contributed by atoms with Gasteiger partial charge in [0.25, 0.3) is 0 Å². The molecule has 9 heteroatoms. The maximum atomic E-state index is 12.1. The van der Waals surface area contributed by atoms with Gasteiger partial charge in [-0.2, -0.15) is 4.98 Å². The van der Waals surface area contributed by atoms with E-state index in [1.807, 2.05) is 67.8 Å². The van der Waals surface area contributed by atoms with Crippen LogP contribution in [0.5, 0.6) is 5.75 Å². The van der Waals surface area contributed by atoms with Crippen LogP contribution in [0.3, 0.4) is 0 Å². The lowest BCUT2D eigenvalue weighted by Gasteiger charge is -2.11. The maximum Gasteiger partial charge on any atom is 0.319 e. The topological polar surface area (TPSA) is 100 Å². The predicted molar refractivity (Wildman–Crippen MR) is 127 cm³/mol. The number of carbonyl (C=O) groups is 1. The van der Waals surface area contributed by atoms with Crippen molar-refractivity contribution >= 4 is 40.9 Å². The molecule has 0 bridgehead atoms. The molecule has 2 amide bonds. The summed E-state index contributed by atoms with van der Waals surface area (Å²) in [5.41, 5.74) is 2.48. The second-order valence-corrected chi connectivity index (χ2v) is 7.49. The van der Waals surface area contributed by atoms with Crippen LogP contribution >= 0.6 is 11.8 Å². The number of rotatable bonds is 9. The normalized spacial score (nSPS) is 10.3. The third-order valence-electron chi connectivity index (χ3n) is 4.24. The Balaban J connectivity index is 1.48. The molecule has 1 heterocycles. The van der Waals surface area contributed by atoms with Gasteiger partial charge in [-0.05, 0) is 55.6 Å². The predicted octanol–water partition coefficient (Wildman–Crippen LogP) is 4.49. The molecule has 0 aliphatic carbocycles. The van der Waals surface area contributed by atoms with Crippen LogP contribution < -0.4 is 26.0 Å². The number of benzene rings is 2. The average Bonchev–Trinajstić information content (AvgIpc) is 2.77. The van der Waals surface area contributed by atoms with Crippen molar-refractivity contribution in [2.24, 2.45) is 0 Å². The van der Waals surface area contributed by atoms with E-state index in [0.717, 1.165) is 27.7 Å². The highest BCUT2D eigenvalue weighted by molar-refractivity contribution is 7.98. The molecule has 2 aromatic carbocycles. The van der Waals surface area contributed by atoms with Crippen LogP contribution in [0.2, 0.25) is 0 Å². The van der Waals surface area contributed by atoms with Gasteiger partial charge in [-0.25, -0.2) is 9.78 Å². The fourth-order valence-corrected chi connectivity index (χ4v) is 3.22. The molecule has 0 aliphatic heterocycles. The summed E-state index contributed by atoms with van der Waals surface area (Å²) in [4.78, 5) is 22.0.